The molecule has 0 bridgehead atoms. The van der Waals surface area contributed by atoms with Crippen molar-refractivity contribution in [1.82, 2.24) is 0 Å². The summed E-state index contributed by atoms with van der Waals surface area (Å²) in [6, 6.07) is 0. The summed E-state index contributed by atoms with van der Waals surface area (Å²) in [6.07, 6.45) is 1.80. The fraction of sp³-hybridized carbons (Fsp3) is 0.600. The van der Waals surface area contributed by atoms with Gasteiger partial charge >= 0.3 is 0 Å². The molecule has 6 N–H and O–H groups in total. The molecular weight excluding hydrogens is 116 g/mol. The first-order chi connectivity index (χ1) is 4.13. The summed E-state index contributed by atoms with van der Waals surface area (Å²) in [5.41, 5.74) is 10.1. The normalized spacial score (nSPS) is 8.89. The van der Waals surface area contributed by atoms with Crippen LogP contribution >= 0.6 is 0 Å². The summed E-state index contributed by atoms with van der Waals surface area (Å²) in [4.78, 5) is 0. The molecule has 0 saturated heterocycles. The number of nitrogens with one attached hydrogen (secondary N) is 2. The van der Waals surface area contributed by atoms with Crippen molar-refractivity contribution in [1.29, 1.82) is 10.8 Å². The van der Waals surface area contributed by atoms with Crippen LogP contribution in [0.25, 0.3) is 0 Å². The fourth-order valence-corrected chi connectivity index (χ4v) is 0.469. The first kappa shape index (κ1) is 7.94. The van der Waals surface area contributed by atoms with Crippen molar-refractivity contribution in [3.05, 3.63) is 0 Å². The van der Waals surface area contributed by atoms with Crippen LogP contribution in [0.15, 0.2) is 0 Å². The van der Waals surface area contributed by atoms with Gasteiger partial charge in [-0.3, -0.25) is 10.8 Å². The molecule has 0 aromatic carbocycles. The molecule has 0 aliphatic carbocycles. The Morgan fingerprint density at radius 1 is 1.00 bits per heavy atom. The Hall–Kier alpha value is -1.06. The van der Waals surface area contributed by atoms with Crippen molar-refractivity contribution in [3.8, 4) is 0 Å². The molecule has 0 radical (unpaired) electrons. The van der Waals surface area contributed by atoms with Crippen LogP contribution in [0.2, 0.25) is 0 Å². The van der Waals surface area contributed by atoms with Crippen molar-refractivity contribution >= 4 is 11.7 Å². The van der Waals surface area contributed by atoms with Crippen LogP contribution < -0.4 is 11.5 Å². The molecule has 52 valence electrons. The zero-order valence-corrected chi connectivity index (χ0v) is 5.28. The molecule has 0 aromatic rings. The first-order valence-corrected chi connectivity index (χ1v) is 2.78. The minimum Gasteiger partial charge on any atom is -0.388 e. The topological polar surface area (TPSA) is 99.7 Å². The zero-order valence-electron chi connectivity index (χ0n) is 5.28. The van der Waals surface area contributed by atoms with Gasteiger partial charge in [0.1, 0.15) is 0 Å². The van der Waals surface area contributed by atoms with Gasteiger partial charge in [0.15, 0.2) is 0 Å². The summed E-state index contributed by atoms with van der Waals surface area (Å²) >= 11 is 0. The van der Waals surface area contributed by atoms with E-state index in [2.05, 4.69) is 0 Å². The average Bonchev–Trinajstić information content (AvgIpc) is 1.63. The van der Waals surface area contributed by atoms with Crippen molar-refractivity contribution < 1.29 is 0 Å². The number of hydrogen-bond donors (Lipinski definition) is 4. The number of amidine groups is 2. The monoisotopic (exact) mass is 128 g/mol. The zero-order chi connectivity index (χ0) is 7.28. The fourth-order valence-electron chi connectivity index (χ4n) is 0.469. The van der Waals surface area contributed by atoms with E-state index in [4.69, 9.17) is 22.3 Å². The van der Waals surface area contributed by atoms with E-state index in [-0.39, 0.29) is 11.7 Å². The lowest BCUT2D eigenvalue weighted by atomic mass is 10.2. The second-order valence-electron chi connectivity index (χ2n) is 1.90. The molecular formula is C5H12N4. The van der Waals surface area contributed by atoms with Gasteiger partial charge < -0.3 is 11.5 Å². The van der Waals surface area contributed by atoms with Gasteiger partial charge in [-0.25, -0.2) is 0 Å². The van der Waals surface area contributed by atoms with Crippen LogP contribution in [0, 0.1) is 10.8 Å². The van der Waals surface area contributed by atoms with E-state index in [0.29, 0.717) is 19.3 Å². The maximum absolute atomic E-state index is 6.81. The Morgan fingerprint density at radius 2 is 1.33 bits per heavy atom. The van der Waals surface area contributed by atoms with E-state index in [1.165, 1.54) is 0 Å². The molecule has 4 nitrogen and oxygen atoms in total. The summed E-state index contributed by atoms with van der Waals surface area (Å²) in [5.74, 6) is 0.326. The van der Waals surface area contributed by atoms with Crippen LogP contribution in [0.5, 0.6) is 0 Å². The number of rotatable bonds is 4. The molecule has 0 aromatic heterocycles. The molecule has 4 heteroatoms. The van der Waals surface area contributed by atoms with E-state index < -0.39 is 0 Å². The van der Waals surface area contributed by atoms with Gasteiger partial charge in [-0.05, 0) is 6.42 Å². The van der Waals surface area contributed by atoms with Crippen LogP contribution in [0.3, 0.4) is 0 Å². The van der Waals surface area contributed by atoms with Crippen LogP contribution in [0.4, 0.5) is 0 Å². The quantitative estimate of drug-likeness (QED) is 0.317. The summed E-state index contributed by atoms with van der Waals surface area (Å²) in [7, 11) is 0. The minimum atomic E-state index is 0.163. The Bertz CT molecular complexity index is 104. The van der Waals surface area contributed by atoms with Gasteiger partial charge in [0.2, 0.25) is 0 Å². The Kier molecular flexibility index (Phi) is 3.43. The second-order valence-corrected chi connectivity index (χ2v) is 1.90. The molecule has 0 rings (SSSR count). The Labute approximate surface area is 54.2 Å². The third-order valence-electron chi connectivity index (χ3n) is 0.892. The molecule has 0 atom stereocenters. The van der Waals surface area contributed by atoms with Crippen molar-refractivity contribution in [2.24, 2.45) is 11.5 Å². The van der Waals surface area contributed by atoms with E-state index >= 15 is 0 Å². The SMILES string of the molecule is N=C(N)CCCC(=N)N. The average molecular weight is 128 g/mol. The molecule has 0 spiro atoms. The standard InChI is InChI=1S/C5H12N4/c6-4(7)2-1-3-5(8)9/h1-3H2,(H3,6,7)(H3,8,9). The highest BCUT2D eigenvalue weighted by Gasteiger charge is 1.91. The molecule has 0 unspecified atom stereocenters. The largest absolute Gasteiger partial charge is 0.388 e. The third-order valence-corrected chi connectivity index (χ3v) is 0.892. The molecule has 0 aliphatic heterocycles. The van der Waals surface area contributed by atoms with E-state index in [1.807, 2.05) is 0 Å². The predicted octanol–water partition coefficient (Wildman–Crippen LogP) is 0.0286. The van der Waals surface area contributed by atoms with E-state index in [9.17, 15) is 0 Å². The maximum Gasteiger partial charge on any atom is 0.0905 e. The minimum absolute atomic E-state index is 0.163. The lowest BCUT2D eigenvalue weighted by molar-refractivity contribution is 0.900. The smallest absolute Gasteiger partial charge is 0.0905 e. The molecule has 0 amide bonds. The molecule has 9 heavy (non-hydrogen) atoms. The third kappa shape index (κ3) is 6.94. The predicted molar refractivity (Wildman–Crippen MR) is 37.7 cm³/mol. The van der Waals surface area contributed by atoms with Crippen LogP contribution in [-0.2, 0) is 0 Å². The van der Waals surface area contributed by atoms with Crippen molar-refractivity contribution in [3.63, 3.8) is 0 Å². The lowest BCUT2D eigenvalue weighted by Crippen LogP contribution is -2.13. The summed E-state index contributed by atoms with van der Waals surface area (Å²) in [5, 5.41) is 13.6. The maximum atomic E-state index is 6.81. The lowest BCUT2D eigenvalue weighted by Gasteiger charge is -1.95. The van der Waals surface area contributed by atoms with Crippen molar-refractivity contribution in [2.75, 3.05) is 0 Å². The van der Waals surface area contributed by atoms with Crippen LogP contribution in [-0.4, -0.2) is 11.7 Å². The first-order valence-electron chi connectivity index (χ1n) is 2.78. The van der Waals surface area contributed by atoms with E-state index in [0.717, 1.165) is 0 Å². The molecule has 0 saturated carbocycles. The molecule has 0 aliphatic rings. The van der Waals surface area contributed by atoms with Gasteiger partial charge in [0, 0.05) is 12.8 Å². The number of hydrogen-bond acceptors (Lipinski definition) is 2. The van der Waals surface area contributed by atoms with Crippen LogP contribution in [0.1, 0.15) is 19.3 Å². The second kappa shape index (κ2) is 3.88. The van der Waals surface area contributed by atoms with E-state index in [1.54, 1.807) is 0 Å². The highest BCUT2D eigenvalue weighted by atomic mass is 14.7. The summed E-state index contributed by atoms with van der Waals surface area (Å²) < 4.78 is 0. The van der Waals surface area contributed by atoms with Gasteiger partial charge in [-0.2, -0.15) is 0 Å². The molecule has 0 fully saturated rings. The Morgan fingerprint density at radius 3 is 1.56 bits per heavy atom. The van der Waals surface area contributed by atoms with Gasteiger partial charge in [0.05, 0.1) is 11.7 Å². The summed E-state index contributed by atoms with van der Waals surface area (Å²) in [6.45, 7) is 0. The van der Waals surface area contributed by atoms with Gasteiger partial charge in [-0.1, -0.05) is 0 Å². The van der Waals surface area contributed by atoms with Gasteiger partial charge in [0.25, 0.3) is 0 Å². The molecule has 0 heterocycles. The van der Waals surface area contributed by atoms with Crippen molar-refractivity contribution in [2.45, 2.75) is 19.3 Å². The van der Waals surface area contributed by atoms with Gasteiger partial charge in [-0.15, -0.1) is 0 Å². The number of nitrogens with two attached hydrogens (primary N) is 2. The highest BCUT2D eigenvalue weighted by Crippen LogP contribution is 1.91. The Balaban J connectivity index is 3.10. The highest BCUT2D eigenvalue weighted by molar-refractivity contribution is 5.79.